The van der Waals surface area contributed by atoms with Crippen molar-refractivity contribution in [3.63, 3.8) is 0 Å². The monoisotopic (exact) mass is 408 g/mol. The first kappa shape index (κ1) is 21.1. The van der Waals surface area contributed by atoms with E-state index in [1.807, 2.05) is 37.3 Å². The highest BCUT2D eigenvalue weighted by molar-refractivity contribution is 6.02. The van der Waals surface area contributed by atoms with E-state index in [0.29, 0.717) is 36.8 Å². The molecule has 0 aliphatic carbocycles. The molecule has 0 radical (unpaired) electrons. The summed E-state index contributed by atoms with van der Waals surface area (Å²) >= 11 is 0. The van der Waals surface area contributed by atoms with Crippen LogP contribution in [0.15, 0.2) is 70.3 Å². The maximum Gasteiger partial charge on any atom is 0.291 e. The van der Waals surface area contributed by atoms with Gasteiger partial charge in [0.25, 0.3) is 5.91 Å². The minimum absolute atomic E-state index is 0.218. The summed E-state index contributed by atoms with van der Waals surface area (Å²) in [6.07, 6.45) is 1.46. The van der Waals surface area contributed by atoms with Crippen molar-refractivity contribution >= 4 is 17.6 Å². The highest BCUT2D eigenvalue weighted by Crippen LogP contribution is 2.14. The second-order valence-corrected chi connectivity index (χ2v) is 6.76. The van der Waals surface area contributed by atoms with Gasteiger partial charge in [0.2, 0.25) is 0 Å². The third-order valence-corrected chi connectivity index (χ3v) is 4.39. The van der Waals surface area contributed by atoms with E-state index >= 15 is 0 Å². The highest BCUT2D eigenvalue weighted by Gasteiger charge is 2.09. The zero-order chi connectivity index (χ0) is 21.3. The summed E-state index contributed by atoms with van der Waals surface area (Å²) in [5.41, 5.74) is 3.06. The second kappa shape index (κ2) is 10.2. The molecule has 3 aromatic rings. The van der Waals surface area contributed by atoms with Gasteiger partial charge in [-0.3, -0.25) is 4.79 Å². The number of carbonyl (C=O) groups is 1. The van der Waals surface area contributed by atoms with Crippen LogP contribution in [0.1, 0.15) is 34.2 Å². The summed E-state index contributed by atoms with van der Waals surface area (Å²) in [7, 11) is 0. The molecular weight excluding hydrogens is 383 g/mol. The van der Waals surface area contributed by atoms with Crippen LogP contribution in [0.2, 0.25) is 0 Å². The zero-order valence-corrected chi connectivity index (χ0v) is 17.0. The SMILES string of the molecule is CCNC(=NCc1cccc(NC(=O)c2ccco2)c1)NCc1ccc(C)c(F)c1. The number of benzene rings is 2. The number of carbonyl (C=O) groups excluding carboxylic acids is 1. The Kier molecular flexibility index (Phi) is 7.21. The van der Waals surface area contributed by atoms with Gasteiger partial charge in [0, 0.05) is 18.8 Å². The molecule has 0 aliphatic rings. The first-order valence-corrected chi connectivity index (χ1v) is 9.76. The van der Waals surface area contributed by atoms with E-state index in [0.717, 1.165) is 11.1 Å². The largest absolute Gasteiger partial charge is 0.459 e. The number of guanidine groups is 1. The van der Waals surface area contributed by atoms with E-state index in [9.17, 15) is 9.18 Å². The van der Waals surface area contributed by atoms with Crippen molar-refractivity contribution in [3.8, 4) is 0 Å². The molecule has 6 nitrogen and oxygen atoms in total. The average Bonchev–Trinajstić information content (AvgIpc) is 3.28. The Hall–Kier alpha value is -3.61. The van der Waals surface area contributed by atoms with Gasteiger partial charge in [0.15, 0.2) is 11.7 Å². The van der Waals surface area contributed by atoms with Crippen LogP contribution in [-0.2, 0) is 13.1 Å². The Morgan fingerprint density at radius 3 is 2.67 bits per heavy atom. The summed E-state index contributed by atoms with van der Waals surface area (Å²) < 4.78 is 18.8. The minimum Gasteiger partial charge on any atom is -0.459 e. The topological polar surface area (TPSA) is 78.7 Å². The normalized spacial score (nSPS) is 11.2. The lowest BCUT2D eigenvalue weighted by Gasteiger charge is -2.12. The molecular formula is C23H25FN4O2. The Labute approximate surface area is 175 Å². The van der Waals surface area contributed by atoms with Crippen molar-refractivity contribution in [1.29, 1.82) is 0 Å². The first-order chi connectivity index (χ1) is 14.5. The fourth-order valence-corrected chi connectivity index (χ4v) is 2.79. The number of hydrogen-bond donors (Lipinski definition) is 3. The maximum absolute atomic E-state index is 13.7. The average molecular weight is 408 g/mol. The van der Waals surface area contributed by atoms with Gasteiger partial charge in [-0.15, -0.1) is 0 Å². The number of furan rings is 1. The molecule has 3 N–H and O–H groups in total. The summed E-state index contributed by atoms with van der Waals surface area (Å²) in [4.78, 5) is 16.7. The van der Waals surface area contributed by atoms with Crippen LogP contribution >= 0.6 is 0 Å². The predicted molar refractivity (Wildman–Crippen MR) is 116 cm³/mol. The molecule has 0 saturated carbocycles. The van der Waals surface area contributed by atoms with Crippen molar-refractivity contribution in [2.45, 2.75) is 26.9 Å². The van der Waals surface area contributed by atoms with Gasteiger partial charge in [-0.05, 0) is 60.9 Å². The van der Waals surface area contributed by atoms with Crippen LogP contribution < -0.4 is 16.0 Å². The van der Waals surface area contributed by atoms with Gasteiger partial charge in [0.1, 0.15) is 5.82 Å². The van der Waals surface area contributed by atoms with E-state index in [4.69, 9.17) is 4.42 Å². The van der Waals surface area contributed by atoms with Crippen LogP contribution in [0.5, 0.6) is 0 Å². The molecule has 30 heavy (non-hydrogen) atoms. The summed E-state index contributed by atoms with van der Waals surface area (Å²) in [5, 5.41) is 9.19. The van der Waals surface area contributed by atoms with E-state index in [1.165, 1.54) is 12.3 Å². The lowest BCUT2D eigenvalue weighted by atomic mass is 10.1. The van der Waals surface area contributed by atoms with Gasteiger partial charge >= 0.3 is 0 Å². The van der Waals surface area contributed by atoms with Crippen LogP contribution in [0.3, 0.4) is 0 Å². The van der Waals surface area contributed by atoms with Crippen molar-refractivity contribution in [1.82, 2.24) is 10.6 Å². The molecule has 156 valence electrons. The quantitative estimate of drug-likeness (QED) is 0.404. The summed E-state index contributed by atoms with van der Waals surface area (Å²) in [6.45, 7) is 5.30. The minimum atomic E-state index is -0.305. The smallest absolute Gasteiger partial charge is 0.291 e. The van der Waals surface area contributed by atoms with Crippen molar-refractivity contribution in [2.24, 2.45) is 4.99 Å². The number of halogens is 1. The maximum atomic E-state index is 13.7. The zero-order valence-electron chi connectivity index (χ0n) is 17.0. The van der Waals surface area contributed by atoms with Gasteiger partial charge in [-0.2, -0.15) is 0 Å². The van der Waals surface area contributed by atoms with Gasteiger partial charge in [0.05, 0.1) is 12.8 Å². The standard InChI is InChI=1S/C23H25FN4O2/c1-3-25-23(27-15-18-10-9-16(2)20(24)13-18)26-14-17-6-4-7-19(12-17)28-22(29)21-8-5-11-30-21/h4-13H,3,14-15H2,1-2H3,(H,28,29)(H2,25,26,27). The summed E-state index contributed by atoms with van der Waals surface area (Å²) in [5.74, 6) is 0.360. The van der Waals surface area contributed by atoms with Crippen molar-refractivity contribution in [2.75, 3.05) is 11.9 Å². The number of anilines is 1. The Morgan fingerprint density at radius 1 is 1.07 bits per heavy atom. The van der Waals surface area contributed by atoms with E-state index in [2.05, 4.69) is 20.9 Å². The second-order valence-electron chi connectivity index (χ2n) is 6.76. The van der Waals surface area contributed by atoms with E-state index in [1.54, 1.807) is 25.1 Å². The fourth-order valence-electron chi connectivity index (χ4n) is 2.79. The fraction of sp³-hybridized carbons (Fsp3) is 0.217. The number of amides is 1. The highest BCUT2D eigenvalue weighted by atomic mass is 19.1. The van der Waals surface area contributed by atoms with Crippen LogP contribution in [0.25, 0.3) is 0 Å². The molecule has 0 fully saturated rings. The van der Waals surface area contributed by atoms with E-state index in [-0.39, 0.29) is 17.5 Å². The lowest BCUT2D eigenvalue weighted by molar-refractivity contribution is 0.0996. The Balaban J connectivity index is 1.62. The molecule has 0 aliphatic heterocycles. The number of rotatable bonds is 7. The van der Waals surface area contributed by atoms with Crippen molar-refractivity contribution < 1.29 is 13.6 Å². The van der Waals surface area contributed by atoms with Crippen LogP contribution in [0.4, 0.5) is 10.1 Å². The molecule has 0 spiro atoms. The van der Waals surface area contributed by atoms with Crippen molar-refractivity contribution in [3.05, 3.63) is 89.1 Å². The third kappa shape index (κ3) is 5.94. The molecule has 1 heterocycles. The molecule has 7 heteroatoms. The number of aliphatic imine (C=N–C) groups is 1. The Morgan fingerprint density at radius 2 is 1.93 bits per heavy atom. The molecule has 0 bridgehead atoms. The molecule has 1 amide bonds. The van der Waals surface area contributed by atoms with Gasteiger partial charge in [-0.1, -0.05) is 24.3 Å². The first-order valence-electron chi connectivity index (χ1n) is 9.76. The molecule has 0 unspecified atom stereocenters. The number of nitrogens with zero attached hydrogens (tertiary/aromatic N) is 1. The molecule has 1 aromatic heterocycles. The third-order valence-electron chi connectivity index (χ3n) is 4.39. The molecule has 3 rings (SSSR count). The van der Waals surface area contributed by atoms with Crippen LogP contribution in [-0.4, -0.2) is 18.4 Å². The molecule has 2 aromatic carbocycles. The van der Waals surface area contributed by atoms with Crippen LogP contribution in [0, 0.1) is 12.7 Å². The number of hydrogen-bond acceptors (Lipinski definition) is 3. The number of aryl methyl sites for hydroxylation is 1. The molecule has 0 saturated heterocycles. The molecule has 0 atom stereocenters. The number of nitrogens with one attached hydrogen (secondary N) is 3. The Bertz CT molecular complexity index is 1020. The van der Waals surface area contributed by atoms with E-state index < -0.39 is 0 Å². The predicted octanol–water partition coefficient (Wildman–Crippen LogP) is 4.23. The lowest BCUT2D eigenvalue weighted by Crippen LogP contribution is -2.36. The van der Waals surface area contributed by atoms with Gasteiger partial charge in [-0.25, -0.2) is 9.38 Å². The van der Waals surface area contributed by atoms with Gasteiger partial charge < -0.3 is 20.4 Å². The summed E-state index contributed by atoms with van der Waals surface area (Å²) in [6, 6.07) is 15.9.